The third-order valence-corrected chi connectivity index (χ3v) is 6.63. The summed E-state index contributed by atoms with van der Waals surface area (Å²) in [5.41, 5.74) is 5.03. The summed E-state index contributed by atoms with van der Waals surface area (Å²) in [5, 5.41) is 17.6. The van der Waals surface area contributed by atoms with E-state index in [1.807, 2.05) is 36.4 Å². The molecule has 9 heteroatoms. The Hall–Kier alpha value is -3.62. The first-order valence-corrected chi connectivity index (χ1v) is 12.0. The van der Waals surface area contributed by atoms with E-state index < -0.39 is 0 Å². The van der Waals surface area contributed by atoms with Gasteiger partial charge in [0.05, 0.1) is 17.2 Å². The lowest BCUT2D eigenvalue weighted by Crippen LogP contribution is -2.09. The van der Waals surface area contributed by atoms with Gasteiger partial charge < -0.3 is 15.6 Å². The van der Waals surface area contributed by atoms with E-state index in [9.17, 15) is 0 Å². The number of halogens is 2. The molecule has 0 unspecified atom stereocenters. The maximum atomic E-state index is 6.29. The van der Waals surface area contributed by atoms with Gasteiger partial charge >= 0.3 is 0 Å². The van der Waals surface area contributed by atoms with Crippen molar-refractivity contribution in [2.24, 2.45) is 0 Å². The number of rotatable bonds is 6. The number of nitrogens with zero attached hydrogens (tertiary/aromatic N) is 3. The van der Waals surface area contributed by atoms with Crippen molar-refractivity contribution in [1.82, 2.24) is 25.1 Å². The van der Waals surface area contributed by atoms with Gasteiger partial charge in [-0.15, -0.1) is 0 Å². The van der Waals surface area contributed by atoms with E-state index in [0.29, 0.717) is 23.3 Å². The summed E-state index contributed by atoms with van der Waals surface area (Å²) >= 11 is 9.89. The molecule has 4 N–H and O–H groups in total. The molecule has 0 radical (unpaired) electrons. The van der Waals surface area contributed by atoms with Gasteiger partial charge in [-0.1, -0.05) is 29.8 Å². The largest absolute Gasteiger partial charge is 0.361 e. The van der Waals surface area contributed by atoms with Crippen molar-refractivity contribution in [3.63, 3.8) is 0 Å². The van der Waals surface area contributed by atoms with Gasteiger partial charge in [-0.25, -0.2) is 4.98 Å². The molecule has 3 heterocycles. The minimum absolute atomic E-state index is 0.556. The second-order valence-electron chi connectivity index (χ2n) is 8.01. The van der Waals surface area contributed by atoms with Gasteiger partial charge in [0.1, 0.15) is 5.82 Å². The summed E-state index contributed by atoms with van der Waals surface area (Å²) in [6.45, 7) is 0.701. The molecule has 0 fully saturated rings. The SMILES string of the molecule is Clc1ccc2nc(NCCc3c[nH]c4ccccc34)nc(Nc3cc(Br)c4[nH]ncc4c3)c2c1. The zero-order valence-corrected chi connectivity index (χ0v) is 20.2. The van der Waals surface area contributed by atoms with Crippen molar-refractivity contribution >= 4 is 77.7 Å². The first kappa shape index (κ1) is 20.9. The lowest BCUT2D eigenvalue weighted by Gasteiger charge is -2.13. The molecule has 0 spiro atoms. The highest BCUT2D eigenvalue weighted by atomic mass is 79.9. The van der Waals surface area contributed by atoms with Crippen LogP contribution in [0.2, 0.25) is 5.02 Å². The van der Waals surface area contributed by atoms with Gasteiger partial charge in [0.25, 0.3) is 0 Å². The molecule has 0 saturated heterocycles. The van der Waals surface area contributed by atoms with Crippen LogP contribution in [0.25, 0.3) is 32.7 Å². The van der Waals surface area contributed by atoms with Gasteiger partial charge in [0.2, 0.25) is 5.95 Å². The Kier molecular flexibility index (Phi) is 5.31. The molecule has 0 bridgehead atoms. The topological polar surface area (TPSA) is 94.3 Å². The zero-order valence-electron chi connectivity index (χ0n) is 17.9. The second kappa shape index (κ2) is 8.62. The molecule has 168 valence electrons. The van der Waals surface area contributed by atoms with E-state index in [2.05, 4.69) is 66.1 Å². The highest BCUT2D eigenvalue weighted by Crippen LogP contribution is 2.31. The standard InChI is InChI=1S/C25H19BrClN7/c26-20-11-17(9-15-13-30-34-23(15)20)31-24-19-10-16(27)5-6-22(19)32-25(33-24)28-8-7-14-12-29-21-4-2-1-3-18(14)21/h1-6,9-13,29H,7-8H2,(H,30,34)(H2,28,31,32,33). The van der Waals surface area contributed by atoms with Crippen molar-refractivity contribution < 1.29 is 0 Å². The molecule has 6 aromatic rings. The highest BCUT2D eigenvalue weighted by molar-refractivity contribution is 9.10. The predicted molar refractivity (Wildman–Crippen MR) is 142 cm³/mol. The fourth-order valence-electron chi connectivity index (χ4n) is 4.15. The van der Waals surface area contributed by atoms with Gasteiger partial charge in [-0.05, 0) is 64.3 Å². The van der Waals surface area contributed by atoms with Crippen LogP contribution in [-0.2, 0) is 6.42 Å². The smallest absolute Gasteiger partial charge is 0.225 e. The third kappa shape index (κ3) is 3.95. The number of aromatic amines is 2. The van der Waals surface area contributed by atoms with Gasteiger partial charge in [-0.3, -0.25) is 5.10 Å². The van der Waals surface area contributed by atoms with Crippen LogP contribution in [0.5, 0.6) is 0 Å². The number of fused-ring (bicyclic) bond motifs is 3. The van der Waals surface area contributed by atoms with E-state index in [1.54, 1.807) is 6.20 Å². The maximum Gasteiger partial charge on any atom is 0.225 e. The summed E-state index contributed by atoms with van der Waals surface area (Å²) < 4.78 is 0.915. The number of nitrogens with one attached hydrogen (secondary N) is 4. The van der Waals surface area contributed by atoms with Crippen LogP contribution in [0, 0.1) is 0 Å². The lowest BCUT2D eigenvalue weighted by molar-refractivity contribution is 0.998. The minimum Gasteiger partial charge on any atom is -0.361 e. The number of hydrogen-bond donors (Lipinski definition) is 4. The number of benzene rings is 3. The Morgan fingerprint density at radius 2 is 1.91 bits per heavy atom. The van der Waals surface area contributed by atoms with E-state index in [4.69, 9.17) is 21.6 Å². The van der Waals surface area contributed by atoms with Gasteiger partial charge in [0, 0.05) is 49.6 Å². The fourth-order valence-corrected chi connectivity index (χ4v) is 4.88. The van der Waals surface area contributed by atoms with Crippen LogP contribution in [0.3, 0.4) is 0 Å². The summed E-state index contributed by atoms with van der Waals surface area (Å²) in [6, 6.07) is 17.9. The average molecular weight is 533 g/mol. The third-order valence-electron chi connectivity index (χ3n) is 5.77. The van der Waals surface area contributed by atoms with Crippen molar-refractivity contribution in [3.8, 4) is 0 Å². The van der Waals surface area contributed by atoms with Crippen molar-refractivity contribution in [3.05, 3.63) is 82.0 Å². The summed E-state index contributed by atoms with van der Waals surface area (Å²) in [7, 11) is 0. The first-order valence-electron chi connectivity index (χ1n) is 10.8. The van der Waals surface area contributed by atoms with E-state index in [0.717, 1.165) is 43.9 Å². The van der Waals surface area contributed by atoms with E-state index in [1.165, 1.54) is 10.9 Å². The van der Waals surface area contributed by atoms with Crippen LogP contribution >= 0.6 is 27.5 Å². The molecule has 6 rings (SSSR count). The van der Waals surface area contributed by atoms with E-state index >= 15 is 0 Å². The summed E-state index contributed by atoms with van der Waals surface area (Å²) in [5.74, 6) is 1.23. The number of para-hydroxylation sites is 1. The van der Waals surface area contributed by atoms with Crippen molar-refractivity contribution in [1.29, 1.82) is 0 Å². The highest BCUT2D eigenvalue weighted by Gasteiger charge is 2.11. The van der Waals surface area contributed by atoms with Crippen LogP contribution in [0.15, 0.2) is 71.5 Å². The molecule has 0 aliphatic heterocycles. The Morgan fingerprint density at radius 1 is 1.00 bits per heavy atom. The zero-order chi connectivity index (χ0) is 23.1. The molecule has 34 heavy (non-hydrogen) atoms. The van der Waals surface area contributed by atoms with Crippen LogP contribution in [0.4, 0.5) is 17.5 Å². The molecule has 7 nitrogen and oxygen atoms in total. The number of H-pyrrole nitrogens is 2. The quantitative estimate of drug-likeness (QED) is 0.189. The van der Waals surface area contributed by atoms with E-state index in [-0.39, 0.29) is 0 Å². The Labute approximate surface area is 208 Å². The fraction of sp³-hybridized carbons (Fsp3) is 0.0800. The Bertz CT molecular complexity index is 1660. The first-order chi connectivity index (χ1) is 16.6. The molecule has 0 amide bonds. The lowest BCUT2D eigenvalue weighted by atomic mass is 10.1. The number of anilines is 3. The van der Waals surface area contributed by atoms with Gasteiger partial charge in [0.15, 0.2) is 0 Å². The van der Waals surface area contributed by atoms with Crippen molar-refractivity contribution in [2.75, 3.05) is 17.2 Å². The maximum absolute atomic E-state index is 6.29. The van der Waals surface area contributed by atoms with Crippen LogP contribution in [-0.4, -0.2) is 31.7 Å². The average Bonchev–Trinajstić information content (AvgIpc) is 3.47. The number of aromatic nitrogens is 5. The normalized spacial score (nSPS) is 11.5. The van der Waals surface area contributed by atoms with Gasteiger partial charge in [-0.2, -0.15) is 10.1 Å². The summed E-state index contributed by atoms with van der Waals surface area (Å²) in [6.07, 6.45) is 4.70. The molecular weight excluding hydrogens is 514 g/mol. The molecular formula is C25H19BrClN7. The van der Waals surface area contributed by atoms with Crippen LogP contribution in [0.1, 0.15) is 5.56 Å². The number of hydrogen-bond acceptors (Lipinski definition) is 5. The Morgan fingerprint density at radius 3 is 2.85 bits per heavy atom. The molecule has 0 aliphatic carbocycles. The Balaban J connectivity index is 1.30. The minimum atomic E-state index is 0.556. The molecule has 3 aromatic carbocycles. The van der Waals surface area contributed by atoms with Crippen LogP contribution < -0.4 is 10.6 Å². The molecule has 0 saturated carbocycles. The molecule has 0 atom stereocenters. The predicted octanol–water partition coefficient (Wildman–Crippen LogP) is 6.80. The summed E-state index contributed by atoms with van der Waals surface area (Å²) in [4.78, 5) is 12.8. The van der Waals surface area contributed by atoms with Crippen molar-refractivity contribution in [2.45, 2.75) is 6.42 Å². The monoisotopic (exact) mass is 531 g/mol. The molecule has 3 aromatic heterocycles. The molecule has 0 aliphatic rings. The second-order valence-corrected chi connectivity index (χ2v) is 9.30.